The van der Waals surface area contributed by atoms with Crippen LogP contribution in [0.25, 0.3) is 0 Å². The average Bonchev–Trinajstić information content (AvgIpc) is 1.89. The van der Waals surface area contributed by atoms with Crippen molar-refractivity contribution in [3.05, 3.63) is 5.21 Å². The third kappa shape index (κ3) is 1.40. The minimum absolute atomic E-state index is 0.0312. The van der Waals surface area contributed by atoms with Gasteiger partial charge in [0, 0.05) is 6.42 Å². The molecule has 52 valence electrons. The highest BCUT2D eigenvalue weighted by Crippen LogP contribution is 2.04. The van der Waals surface area contributed by atoms with Crippen LogP contribution in [0.5, 0.6) is 0 Å². The maximum Gasteiger partial charge on any atom is 0.267 e. The summed E-state index contributed by atoms with van der Waals surface area (Å²) in [4.78, 5) is 10.7. The Morgan fingerprint density at radius 2 is 2.33 bits per heavy atom. The van der Waals surface area contributed by atoms with Gasteiger partial charge in [-0.05, 0) is 12.8 Å². The molecule has 0 saturated carbocycles. The molecular weight excluding hydrogens is 120 g/mol. The predicted octanol–water partition coefficient (Wildman–Crippen LogP) is -1.02. The predicted molar refractivity (Wildman–Crippen MR) is 30.9 cm³/mol. The molecule has 0 bridgehead atoms. The van der Waals surface area contributed by atoms with E-state index in [0.717, 1.165) is 12.8 Å². The molecule has 0 aliphatic carbocycles. The fraction of sp³-hybridized carbons (Fsp3) is 0.800. The van der Waals surface area contributed by atoms with E-state index in [0.29, 0.717) is 18.6 Å². The van der Waals surface area contributed by atoms with Gasteiger partial charge in [0.15, 0.2) is 0 Å². The summed E-state index contributed by atoms with van der Waals surface area (Å²) < 4.78 is 0. The lowest BCUT2D eigenvalue weighted by atomic mass is 10.1. The van der Waals surface area contributed by atoms with Gasteiger partial charge in [-0.1, -0.05) is 0 Å². The van der Waals surface area contributed by atoms with Gasteiger partial charge >= 0.3 is 0 Å². The standard InChI is InChI=1S/C5H10N2O2/c8-5-3-1-2-4-7(5)6-9/h1-4,6H2. The zero-order valence-electron chi connectivity index (χ0n) is 5.17. The molecule has 1 rings (SSSR count). The molecule has 1 saturated heterocycles. The smallest absolute Gasteiger partial charge is 0.267 e. The monoisotopic (exact) mass is 130 g/mol. The van der Waals surface area contributed by atoms with E-state index in [9.17, 15) is 10.0 Å². The van der Waals surface area contributed by atoms with Crippen LogP contribution in [0.1, 0.15) is 19.3 Å². The Hall–Kier alpha value is -0.610. The molecule has 1 heterocycles. The van der Waals surface area contributed by atoms with Crippen LogP contribution in [0.2, 0.25) is 0 Å². The summed E-state index contributed by atoms with van der Waals surface area (Å²) in [6.45, 7) is 0.613. The van der Waals surface area contributed by atoms with E-state index >= 15 is 0 Å². The maximum atomic E-state index is 10.7. The number of carbonyl (C=O) groups excluding carboxylic acids is 1. The Morgan fingerprint density at radius 1 is 1.56 bits per heavy atom. The van der Waals surface area contributed by atoms with Crippen molar-refractivity contribution >= 4 is 5.91 Å². The van der Waals surface area contributed by atoms with Gasteiger partial charge in [-0.2, -0.15) is 5.01 Å². The van der Waals surface area contributed by atoms with E-state index in [1.165, 1.54) is 5.01 Å². The molecule has 9 heavy (non-hydrogen) atoms. The van der Waals surface area contributed by atoms with Crippen molar-refractivity contribution in [2.24, 2.45) is 0 Å². The van der Waals surface area contributed by atoms with Gasteiger partial charge in [-0.15, -0.1) is 0 Å². The van der Waals surface area contributed by atoms with Gasteiger partial charge < -0.3 is 5.21 Å². The molecule has 1 aliphatic rings. The highest BCUT2D eigenvalue weighted by Gasteiger charge is 2.17. The van der Waals surface area contributed by atoms with Gasteiger partial charge in [0.2, 0.25) is 0 Å². The summed E-state index contributed by atoms with van der Waals surface area (Å²) in [5.41, 5.74) is 0.613. The minimum Gasteiger partial charge on any atom is -0.609 e. The van der Waals surface area contributed by atoms with Gasteiger partial charge in [0.05, 0.1) is 6.54 Å². The lowest BCUT2D eigenvalue weighted by Crippen LogP contribution is -2.90. The molecule has 4 heteroatoms. The van der Waals surface area contributed by atoms with Crippen molar-refractivity contribution in [1.29, 1.82) is 0 Å². The van der Waals surface area contributed by atoms with Crippen LogP contribution in [0.4, 0.5) is 0 Å². The number of nitrogens with two attached hydrogens (primary N) is 1. The van der Waals surface area contributed by atoms with Crippen molar-refractivity contribution in [1.82, 2.24) is 5.01 Å². The summed E-state index contributed by atoms with van der Waals surface area (Å²) in [5, 5.41) is 11.3. The van der Waals surface area contributed by atoms with Gasteiger partial charge in [0.25, 0.3) is 5.91 Å². The topological polar surface area (TPSA) is 60.0 Å². The molecule has 1 amide bonds. The molecule has 0 aromatic carbocycles. The van der Waals surface area contributed by atoms with Gasteiger partial charge in [-0.3, -0.25) is 10.4 Å². The summed E-state index contributed by atoms with van der Waals surface area (Å²) in [6, 6.07) is 0. The normalized spacial score (nSPS) is 20.6. The van der Waals surface area contributed by atoms with E-state index < -0.39 is 0 Å². The van der Waals surface area contributed by atoms with Crippen LogP contribution in [-0.4, -0.2) is 17.5 Å². The van der Waals surface area contributed by atoms with Gasteiger partial charge in [-0.25, -0.2) is 0 Å². The first-order valence-electron chi connectivity index (χ1n) is 3.09. The molecule has 2 N–H and O–H groups in total. The summed E-state index contributed by atoms with van der Waals surface area (Å²) in [5.74, 6) is -0.0312. The van der Waals surface area contributed by atoms with Crippen LogP contribution < -0.4 is 5.59 Å². The average molecular weight is 130 g/mol. The second kappa shape index (κ2) is 2.80. The van der Waals surface area contributed by atoms with E-state index in [-0.39, 0.29) is 5.91 Å². The van der Waals surface area contributed by atoms with Crippen molar-refractivity contribution in [2.75, 3.05) is 6.54 Å². The van der Waals surface area contributed by atoms with Crippen LogP contribution in [0.3, 0.4) is 0 Å². The van der Waals surface area contributed by atoms with E-state index in [4.69, 9.17) is 0 Å². The Kier molecular flexibility index (Phi) is 2.02. The molecule has 0 spiro atoms. The number of hydrogen-bond donors (Lipinski definition) is 1. The maximum absolute atomic E-state index is 10.7. The molecule has 4 nitrogen and oxygen atoms in total. The zero-order chi connectivity index (χ0) is 6.69. The Morgan fingerprint density at radius 3 is 2.78 bits per heavy atom. The Labute approximate surface area is 53.4 Å². The number of rotatable bonds is 1. The fourth-order valence-electron chi connectivity index (χ4n) is 0.938. The fourth-order valence-corrected chi connectivity index (χ4v) is 0.938. The lowest BCUT2D eigenvalue weighted by molar-refractivity contribution is -0.734. The van der Waals surface area contributed by atoms with Crippen molar-refractivity contribution in [3.63, 3.8) is 0 Å². The number of hydrogen-bond acceptors (Lipinski definition) is 2. The molecule has 0 radical (unpaired) electrons. The molecule has 1 aliphatic heterocycles. The van der Waals surface area contributed by atoms with Crippen LogP contribution in [0.15, 0.2) is 0 Å². The van der Waals surface area contributed by atoms with Crippen molar-refractivity contribution in [2.45, 2.75) is 19.3 Å². The zero-order valence-corrected chi connectivity index (χ0v) is 5.17. The van der Waals surface area contributed by atoms with Gasteiger partial charge in [0.1, 0.15) is 0 Å². The number of piperidine rings is 1. The summed E-state index contributed by atoms with van der Waals surface area (Å²) in [6.07, 6.45) is 2.44. The number of nitrogens with zero attached hydrogens (tertiary/aromatic N) is 1. The lowest BCUT2D eigenvalue weighted by Gasteiger charge is -2.24. The highest BCUT2D eigenvalue weighted by molar-refractivity contribution is 5.75. The summed E-state index contributed by atoms with van der Waals surface area (Å²) >= 11 is 0. The first-order valence-corrected chi connectivity index (χ1v) is 3.09. The minimum atomic E-state index is -0.0312. The third-order valence-corrected chi connectivity index (χ3v) is 1.49. The first-order chi connectivity index (χ1) is 4.34. The molecule has 0 atom stereocenters. The Balaban J connectivity index is 2.39. The highest BCUT2D eigenvalue weighted by atomic mass is 16.5. The molecule has 0 unspecified atom stereocenters. The molecule has 0 aromatic heterocycles. The number of amides is 1. The van der Waals surface area contributed by atoms with E-state index in [2.05, 4.69) is 0 Å². The van der Waals surface area contributed by atoms with E-state index in [1.54, 1.807) is 0 Å². The molecule has 1 fully saturated rings. The quantitative estimate of drug-likeness (QED) is 0.280. The van der Waals surface area contributed by atoms with Crippen molar-refractivity contribution < 1.29 is 10.4 Å². The molecule has 0 aromatic rings. The van der Waals surface area contributed by atoms with Crippen LogP contribution in [0, 0.1) is 5.21 Å². The first kappa shape index (κ1) is 6.51. The second-order valence-electron chi connectivity index (χ2n) is 2.15. The summed E-state index contributed by atoms with van der Waals surface area (Å²) in [7, 11) is 0. The van der Waals surface area contributed by atoms with E-state index in [1.807, 2.05) is 0 Å². The third-order valence-electron chi connectivity index (χ3n) is 1.49. The Bertz CT molecular complexity index is 116. The van der Waals surface area contributed by atoms with Crippen LogP contribution >= 0.6 is 0 Å². The van der Waals surface area contributed by atoms with Crippen molar-refractivity contribution in [3.8, 4) is 0 Å². The SMILES string of the molecule is O=C1CCCCN1[NH2+][O-]. The number of carbonyl (C=O) groups is 1. The number of quaternary nitrogens is 1. The second-order valence-corrected chi connectivity index (χ2v) is 2.15. The molecular formula is C5H10N2O2. The largest absolute Gasteiger partial charge is 0.609 e. The van der Waals surface area contributed by atoms with Crippen LogP contribution in [-0.2, 0) is 4.79 Å².